The van der Waals surface area contributed by atoms with E-state index < -0.39 is 9.84 Å². The molecule has 0 aliphatic carbocycles. The molecule has 0 atom stereocenters. The largest absolute Gasteiger partial charge is 0.396 e. The predicted molar refractivity (Wildman–Crippen MR) is 50.3 cm³/mol. The molecule has 0 bridgehead atoms. The van der Waals surface area contributed by atoms with Gasteiger partial charge < -0.3 is 5.11 Å². The van der Waals surface area contributed by atoms with Gasteiger partial charge in [0, 0.05) is 12.9 Å². The monoisotopic (exact) mass is 200 g/mol. The fourth-order valence-electron chi connectivity index (χ4n) is 1.03. The summed E-state index contributed by atoms with van der Waals surface area (Å²) in [6.45, 7) is 0.0816. The Bertz CT molecular complexity index is 364. The number of aliphatic hydroxyl groups is 1. The second kappa shape index (κ2) is 3.89. The van der Waals surface area contributed by atoms with Gasteiger partial charge in [-0.15, -0.1) is 0 Å². The van der Waals surface area contributed by atoms with Crippen molar-refractivity contribution in [2.24, 2.45) is 0 Å². The molecule has 0 fully saturated rings. The van der Waals surface area contributed by atoms with Gasteiger partial charge in [-0.1, -0.05) is 12.1 Å². The van der Waals surface area contributed by atoms with Gasteiger partial charge in [-0.05, 0) is 24.1 Å². The highest BCUT2D eigenvalue weighted by molar-refractivity contribution is 7.90. The van der Waals surface area contributed by atoms with Crippen molar-refractivity contribution in [2.75, 3.05) is 12.9 Å². The molecule has 0 spiro atoms. The van der Waals surface area contributed by atoms with Crippen LogP contribution in [0.15, 0.2) is 29.2 Å². The van der Waals surface area contributed by atoms with E-state index >= 15 is 0 Å². The average molecular weight is 200 g/mol. The molecule has 0 unspecified atom stereocenters. The van der Waals surface area contributed by atoms with E-state index in [9.17, 15) is 8.42 Å². The lowest BCUT2D eigenvalue weighted by molar-refractivity contribution is 0.299. The van der Waals surface area contributed by atoms with E-state index in [1.165, 1.54) is 6.26 Å². The highest BCUT2D eigenvalue weighted by Crippen LogP contribution is 2.10. The van der Waals surface area contributed by atoms with Crippen molar-refractivity contribution in [1.29, 1.82) is 0 Å². The van der Waals surface area contributed by atoms with Crippen molar-refractivity contribution < 1.29 is 13.5 Å². The van der Waals surface area contributed by atoms with Crippen molar-refractivity contribution in [1.82, 2.24) is 0 Å². The Labute approximate surface area is 77.9 Å². The van der Waals surface area contributed by atoms with Crippen LogP contribution in [0.5, 0.6) is 0 Å². The lowest BCUT2D eigenvalue weighted by Crippen LogP contribution is -1.97. The highest BCUT2D eigenvalue weighted by Gasteiger charge is 2.05. The summed E-state index contributed by atoms with van der Waals surface area (Å²) < 4.78 is 22.1. The van der Waals surface area contributed by atoms with Crippen LogP contribution in [-0.4, -0.2) is 26.4 Å². The molecule has 0 aliphatic heterocycles. The van der Waals surface area contributed by atoms with Crippen LogP contribution in [0.25, 0.3) is 0 Å². The summed E-state index contributed by atoms with van der Waals surface area (Å²) in [4.78, 5) is 0.314. The van der Waals surface area contributed by atoms with Crippen LogP contribution >= 0.6 is 0 Å². The Morgan fingerprint density at radius 2 is 1.77 bits per heavy atom. The van der Waals surface area contributed by atoms with Crippen LogP contribution in [0, 0.1) is 0 Å². The molecule has 0 heterocycles. The van der Waals surface area contributed by atoms with Gasteiger partial charge in [-0.2, -0.15) is 0 Å². The zero-order valence-corrected chi connectivity index (χ0v) is 8.21. The second-order valence-corrected chi connectivity index (χ2v) is 4.91. The first-order chi connectivity index (χ1) is 6.04. The molecule has 1 N–H and O–H groups in total. The smallest absolute Gasteiger partial charge is 0.175 e. The summed E-state index contributed by atoms with van der Waals surface area (Å²) in [5.41, 5.74) is 0.940. The van der Waals surface area contributed by atoms with Gasteiger partial charge in [-0.3, -0.25) is 0 Å². The zero-order valence-electron chi connectivity index (χ0n) is 7.40. The molecule has 3 nitrogen and oxygen atoms in total. The molecule has 1 aromatic carbocycles. The SMILES string of the molecule is CS(=O)(=O)c1ccc(CCO)cc1. The lowest BCUT2D eigenvalue weighted by atomic mass is 10.2. The number of hydrogen-bond acceptors (Lipinski definition) is 3. The predicted octanol–water partition coefficient (Wildman–Crippen LogP) is 0.625. The molecule has 0 aromatic heterocycles. The minimum atomic E-state index is -3.10. The molecule has 0 radical (unpaired) electrons. The van der Waals surface area contributed by atoms with Crippen LogP contribution < -0.4 is 0 Å². The van der Waals surface area contributed by atoms with E-state index in [1.54, 1.807) is 24.3 Å². The quantitative estimate of drug-likeness (QED) is 0.778. The zero-order chi connectivity index (χ0) is 9.90. The Morgan fingerprint density at radius 3 is 2.15 bits per heavy atom. The second-order valence-electron chi connectivity index (χ2n) is 2.89. The molecule has 4 heteroatoms. The minimum absolute atomic E-state index is 0.0816. The van der Waals surface area contributed by atoms with E-state index in [4.69, 9.17) is 5.11 Å². The van der Waals surface area contributed by atoms with Gasteiger partial charge in [0.05, 0.1) is 4.90 Å². The standard InChI is InChI=1S/C9H12O3S/c1-13(11,12)9-4-2-8(3-5-9)6-7-10/h2-5,10H,6-7H2,1H3. The molecule has 1 aromatic rings. The summed E-state index contributed by atoms with van der Waals surface area (Å²) in [7, 11) is -3.10. The molecule has 0 saturated heterocycles. The van der Waals surface area contributed by atoms with Crippen LogP contribution in [-0.2, 0) is 16.3 Å². The normalized spacial score (nSPS) is 11.5. The third-order valence-corrected chi connectivity index (χ3v) is 2.88. The van der Waals surface area contributed by atoms with Crippen molar-refractivity contribution in [3.05, 3.63) is 29.8 Å². The molecule has 1 rings (SSSR count). The van der Waals surface area contributed by atoms with Crippen LogP contribution in [0.3, 0.4) is 0 Å². The van der Waals surface area contributed by atoms with Crippen molar-refractivity contribution in [3.63, 3.8) is 0 Å². The van der Waals surface area contributed by atoms with Crippen molar-refractivity contribution in [3.8, 4) is 0 Å². The van der Waals surface area contributed by atoms with Gasteiger partial charge in [-0.25, -0.2) is 8.42 Å². The Kier molecular flexibility index (Phi) is 3.06. The van der Waals surface area contributed by atoms with Gasteiger partial charge >= 0.3 is 0 Å². The Balaban J connectivity index is 2.94. The van der Waals surface area contributed by atoms with E-state index in [1.807, 2.05) is 0 Å². The molecular formula is C9H12O3S. The number of aliphatic hydroxyl groups excluding tert-OH is 1. The van der Waals surface area contributed by atoms with Gasteiger partial charge in [0.25, 0.3) is 0 Å². The fraction of sp³-hybridized carbons (Fsp3) is 0.333. The van der Waals surface area contributed by atoms with E-state index in [2.05, 4.69) is 0 Å². The van der Waals surface area contributed by atoms with Crippen molar-refractivity contribution >= 4 is 9.84 Å². The first-order valence-electron chi connectivity index (χ1n) is 3.94. The number of sulfone groups is 1. The Hall–Kier alpha value is -0.870. The molecule has 0 aliphatic rings. The first kappa shape index (κ1) is 10.2. The van der Waals surface area contributed by atoms with E-state index in [0.29, 0.717) is 11.3 Å². The van der Waals surface area contributed by atoms with Gasteiger partial charge in [0.2, 0.25) is 0 Å². The molecule has 0 saturated carbocycles. The maximum atomic E-state index is 11.1. The molecule has 0 amide bonds. The van der Waals surface area contributed by atoms with Crippen molar-refractivity contribution in [2.45, 2.75) is 11.3 Å². The maximum Gasteiger partial charge on any atom is 0.175 e. The van der Waals surface area contributed by atoms with Crippen LogP contribution in [0.2, 0.25) is 0 Å². The lowest BCUT2D eigenvalue weighted by Gasteiger charge is -2.00. The topological polar surface area (TPSA) is 54.4 Å². The first-order valence-corrected chi connectivity index (χ1v) is 5.83. The summed E-state index contributed by atoms with van der Waals surface area (Å²) in [6.07, 6.45) is 1.73. The van der Waals surface area contributed by atoms with Gasteiger partial charge in [0.1, 0.15) is 0 Å². The minimum Gasteiger partial charge on any atom is -0.396 e. The Morgan fingerprint density at radius 1 is 1.23 bits per heavy atom. The molecule has 13 heavy (non-hydrogen) atoms. The van der Waals surface area contributed by atoms with E-state index in [0.717, 1.165) is 5.56 Å². The fourth-order valence-corrected chi connectivity index (χ4v) is 1.66. The summed E-state index contributed by atoms with van der Waals surface area (Å²) in [5.74, 6) is 0. The highest BCUT2D eigenvalue weighted by atomic mass is 32.2. The van der Waals surface area contributed by atoms with Crippen LogP contribution in [0.4, 0.5) is 0 Å². The third kappa shape index (κ3) is 2.82. The molecular weight excluding hydrogens is 188 g/mol. The summed E-state index contributed by atoms with van der Waals surface area (Å²) in [6, 6.07) is 6.54. The average Bonchev–Trinajstić information content (AvgIpc) is 2.04. The maximum absolute atomic E-state index is 11.1. The van der Waals surface area contributed by atoms with E-state index in [-0.39, 0.29) is 6.61 Å². The number of benzene rings is 1. The molecule has 72 valence electrons. The summed E-state index contributed by atoms with van der Waals surface area (Å²) >= 11 is 0. The summed E-state index contributed by atoms with van der Waals surface area (Å²) in [5, 5.41) is 8.63. The number of rotatable bonds is 3. The third-order valence-electron chi connectivity index (χ3n) is 1.75. The van der Waals surface area contributed by atoms with Gasteiger partial charge in [0.15, 0.2) is 9.84 Å². The number of hydrogen-bond donors (Lipinski definition) is 1. The van der Waals surface area contributed by atoms with Crippen LogP contribution in [0.1, 0.15) is 5.56 Å².